The first kappa shape index (κ1) is 25.0. The molecule has 1 aromatic heterocycles. The Balaban J connectivity index is 1.99. The Morgan fingerprint density at radius 3 is 2.29 bits per heavy atom. The highest BCUT2D eigenvalue weighted by molar-refractivity contribution is 6.30. The van der Waals surface area contributed by atoms with E-state index in [1.807, 2.05) is 0 Å². The molecule has 0 aliphatic heterocycles. The summed E-state index contributed by atoms with van der Waals surface area (Å²) in [4.78, 5) is 3.73. The van der Waals surface area contributed by atoms with Crippen LogP contribution in [0.1, 0.15) is 22.4 Å². The van der Waals surface area contributed by atoms with Crippen LogP contribution in [-0.2, 0) is 11.5 Å². The normalized spacial score (nSPS) is 13.3. The number of aliphatic hydroxyl groups is 1. The van der Waals surface area contributed by atoms with Crippen LogP contribution in [0.4, 0.5) is 17.6 Å². The molecule has 0 radical (unpaired) electrons. The van der Waals surface area contributed by atoms with E-state index in [-0.39, 0.29) is 10.6 Å². The van der Waals surface area contributed by atoms with Crippen LogP contribution in [0.15, 0.2) is 65.9 Å². The highest BCUT2D eigenvalue weighted by atomic mass is 35.5. The van der Waals surface area contributed by atoms with E-state index in [0.29, 0.717) is 10.6 Å². The minimum absolute atomic E-state index is 0.0535. The van der Waals surface area contributed by atoms with E-state index >= 15 is 8.78 Å². The number of aromatic nitrogens is 1. The second-order valence-electron chi connectivity index (χ2n) is 7.18. The first-order chi connectivity index (χ1) is 16.1. The van der Waals surface area contributed by atoms with Crippen molar-refractivity contribution in [2.24, 2.45) is 16.8 Å². The molecule has 3 aromatic rings. The van der Waals surface area contributed by atoms with Crippen molar-refractivity contribution in [3.8, 4) is 11.8 Å². The molecular weight excluding hydrogens is 474 g/mol. The van der Waals surface area contributed by atoms with Gasteiger partial charge in [0.15, 0.2) is 5.60 Å². The summed E-state index contributed by atoms with van der Waals surface area (Å²) in [7, 11) is 0. The Labute approximate surface area is 197 Å². The third kappa shape index (κ3) is 5.28. The van der Waals surface area contributed by atoms with E-state index in [1.165, 1.54) is 30.3 Å². The molecule has 176 valence electrons. The average Bonchev–Trinajstić information content (AvgIpc) is 2.79. The van der Waals surface area contributed by atoms with Gasteiger partial charge >= 0.3 is 5.92 Å². The zero-order valence-corrected chi connectivity index (χ0v) is 18.1. The van der Waals surface area contributed by atoms with Gasteiger partial charge in [0.05, 0.1) is 6.54 Å². The van der Waals surface area contributed by atoms with Crippen LogP contribution in [0.5, 0.6) is 0 Å². The second kappa shape index (κ2) is 10.1. The Morgan fingerprint density at radius 2 is 1.71 bits per heavy atom. The Hall–Kier alpha value is -3.65. The fourth-order valence-electron chi connectivity index (χ4n) is 3.11. The van der Waals surface area contributed by atoms with Gasteiger partial charge < -0.3 is 10.9 Å². The maximum absolute atomic E-state index is 15.7. The van der Waals surface area contributed by atoms with E-state index in [9.17, 15) is 13.9 Å². The van der Waals surface area contributed by atoms with Crippen LogP contribution in [-0.4, -0.2) is 28.0 Å². The standard InChI is InChI=1S/C23H18ClF4N5O/c24-17-6-9-19(20(26)11-17)22(34,13-33(30)14-32-29)23(27,28)21-10-5-16(12-31-21)2-1-15-3-7-18(25)8-4-15/h3-12,14,34H,13,29-30H2/b32-14-. The van der Waals surface area contributed by atoms with Gasteiger partial charge in [0.25, 0.3) is 0 Å². The van der Waals surface area contributed by atoms with Crippen molar-refractivity contribution in [2.75, 3.05) is 6.54 Å². The van der Waals surface area contributed by atoms with Gasteiger partial charge in [-0.15, -0.1) is 0 Å². The molecule has 0 saturated carbocycles. The van der Waals surface area contributed by atoms with Gasteiger partial charge in [-0.05, 0) is 48.5 Å². The van der Waals surface area contributed by atoms with E-state index < -0.39 is 41.0 Å². The predicted octanol–water partition coefficient (Wildman–Crippen LogP) is 3.47. The molecular formula is C23H18ClF4N5O. The van der Waals surface area contributed by atoms with Crippen molar-refractivity contribution < 1.29 is 22.7 Å². The van der Waals surface area contributed by atoms with E-state index in [0.717, 1.165) is 36.8 Å². The summed E-state index contributed by atoms with van der Waals surface area (Å²) in [6.45, 7) is -0.993. The summed E-state index contributed by atoms with van der Waals surface area (Å²) in [6, 6.07) is 10.5. The lowest BCUT2D eigenvalue weighted by atomic mass is 9.84. The maximum atomic E-state index is 15.7. The molecule has 0 fully saturated rings. The largest absolute Gasteiger partial charge is 0.377 e. The van der Waals surface area contributed by atoms with Crippen molar-refractivity contribution in [1.82, 2.24) is 9.99 Å². The number of alkyl halides is 2. The van der Waals surface area contributed by atoms with Gasteiger partial charge in [0, 0.05) is 27.9 Å². The monoisotopic (exact) mass is 491 g/mol. The van der Waals surface area contributed by atoms with Gasteiger partial charge in [0.2, 0.25) is 0 Å². The minimum Gasteiger partial charge on any atom is -0.377 e. The molecule has 34 heavy (non-hydrogen) atoms. The molecule has 6 nitrogen and oxygen atoms in total. The first-order valence-corrected chi connectivity index (χ1v) is 9.99. The third-order valence-electron chi connectivity index (χ3n) is 4.80. The third-order valence-corrected chi connectivity index (χ3v) is 5.04. The molecule has 1 atom stereocenters. The molecule has 0 bridgehead atoms. The molecule has 0 spiro atoms. The molecule has 5 N–H and O–H groups in total. The summed E-state index contributed by atoms with van der Waals surface area (Å²) < 4.78 is 58.9. The van der Waals surface area contributed by atoms with Crippen LogP contribution >= 0.6 is 11.6 Å². The highest BCUT2D eigenvalue weighted by Gasteiger charge is 2.58. The van der Waals surface area contributed by atoms with Crippen molar-refractivity contribution in [1.29, 1.82) is 0 Å². The fraction of sp³-hybridized carbons (Fsp3) is 0.130. The average molecular weight is 492 g/mol. The van der Waals surface area contributed by atoms with Gasteiger partial charge in [-0.3, -0.25) is 9.99 Å². The van der Waals surface area contributed by atoms with E-state index in [1.54, 1.807) is 0 Å². The Morgan fingerprint density at radius 1 is 1.06 bits per heavy atom. The van der Waals surface area contributed by atoms with Crippen LogP contribution in [0, 0.1) is 23.5 Å². The lowest BCUT2D eigenvalue weighted by Gasteiger charge is -2.37. The second-order valence-corrected chi connectivity index (χ2v) is 7.62. The van der Waals surface area contributed by atoms with Crippen LogP contribution < -0.4 is 11.7 Å². The number of rotatable bonds is 6. The SMILES string of the molecule is N/N=C\N(N)CC(O)(c1ccc(Cl)cc1F)C(F)(F)c1ccc(C#Cc2ccc(F)cc2)cn1. The molecule has 0 aliphatic rings. The van der Waals surface area contributed by atoms with Gasteiger partial charge in [-0.2, -0.15) is 13.9 Å². The molecule has 1 unspecified atom stereocenters. The predicted molar refractivity (Wildman–Crippen MR) is 119 cm³/mol. The summed E-state index contributed by atoms with van der Waals surface area (Å²) in [6.07, 6.45) is 1.86. The molecule has 0 amide bonds. The highest BCUT2D eigenvalue weighted by Crippen LogP contribution is 2.46. The number of hydrogen-bond acceptors (Lipinski definition) is 5. The van der Waals surface area contributed by atoms with Crippen LogP contribution in [0.2, 0.25) is 5.02 Å². The van der Waals surface area contributed by atoms with Crippen molar-refractivity contribution >= 4 is 17.9 Å². The number of hydrazine groups is 1. The quantitative estimate of drug-likeness (QED) is 0.122. The summed E-state index contributed by atoms with van der Waals surface area (Å²) in [5.41, 5.74) is -4.03. The van der Waals surface area contributed by atoms with Crippen molar-refractivity contribution in [3.63, 3.8) is 0 Å². The smallest absolute Gasteiger partial charge is 0.323 e. The summed E-state index contributed by atoms with van der Waals surface area (Å²) in [5, 5.41) is 14.8. The summed E-state index contributed by atoms with van der Waals surface area (Å²) in [5.74, 6) is 10.3. The zero-order valence-electron chi connectivity index (χ0n) is 17.4. The topological polar surface area (TPSA) is 101 Å². The van der Waals surface area contributed by atoms with E-state index in [4.69, 9.17) is 23.3 Å². The zero-order chi connectivity index (χ0) is 24.9. The number of hydrazone groups is 1. The Bertz CT molecular complexity index is 1240. The van der Waals surface area contributed by atoms with Crippen LogP contribution in [0.25, 0.3) is 0 Å². The number of nitrogens with zero attached hydrogens (tertiary/aromatic N) is 3. The number of nitrogens with two attached hydrogens (primary N) is 2. The van der Waals surface area contributed by atoms with Gasteiger partial charge in [0.1, 0.15) is 23.7 Å². The molecule has 0 aliphatic carbocycles. The number of halogens is 5. The maximum Gasteiger partial charge on any atom is 0.323 e. The van der Waals surface area contributed by atoms with Crippen LogP contribution in [0.3, 0.4) is 0 Å². The molecule has 2 aromatic carbocycles. The lowest BCUT2D eigenvalue weighted by molar-refractivity contribution is -0.203. The molecule has 0 saturated heterocycles. The van der Waals surface area contributed by atoms with Gasteiger partial charge in [-0.25, -0.2) is 14.6 Å². The molecule has 11 heteroatoms. The van der Waals surface area contributed by atoms with Crippen molar-refractivity contribution in [2.45, 2.75) is 11.5 Å². The fourth-order valence-corrected chi connectivity index (χ4v) is 3.27. The number of pyridine rings is 1. The first-order valence-electron chi connectivity index (χ1n) is 9.61. The number of hydrogen-bond donors (Lipinski definition) is 3. The number of benzene rings is 2. The van der Waals surface area contributed by atoms with Gasteiger partial charge in [-0.1, -0.05) is 29.5 Å². The summed E-state index contributed by atoms with van der Waals surface area (Å²) >= 11 is 5.73. The minimum atomic E-state index is -4.13. The van der Waals surface area contributed by atoms with Crippen molar-refractivity contribution in [3.05, 3.63) is 99.8 Å². The molecule has 1 heterocycles. The molecule has 3 rings (SSSR count). The Kier molecular flexibility index (Phi) is 7.41. The lowest BCUT2D eigenvalue weighted by Crippen LogP contribution is -2.53. The van der Waals surface area contributed by atoms with E-state index in [2.05, 4.69) is 21.9 Å².